The summed E-state index contributed by atoms with van der Waals surface area (Å²) in [5, 5.41) is 3.17. The van der Waals surface area contributed by atoms with Gasteiger partial charge in [-0.15, -0.1) is 0 Å². The summed E-state index contributed by atoms with van der Waals surface area (Å²) in [6.07, 6.45) is 2.64. The lowest BCUT2D eigenvalue weighted by atomic mass is 9.56. The Morgan fingerprint density at radius 1 is 1.00 bits per heavy atom. The van der Waals surface area contributed by atoms with Gasteiger partial charge in [-0.1, -0.05) is 51.1 Å². The second-order valence-electron chi connectivity index (χ2n) is 9.81. The molecule has 3 heteroatoms. The maximum Gasteiger partial charge on any atom is 0.408 e. The van der Waals surface area contributed by atoms with Crippen molar-refractivity contribution in [2.75, 3.05) is 0 Å². The Labute approximate surface area is 147 Å². The molecule has 1 saturated carbocycles. The van der Waals surface area contributed by atoms with Crippen molar-refractivity contribution in [2.45, 2.75) is 84.3 Å². The van der Waals surface area contributed by atoms with Crippen LogP contribution in [0.2, 0.25) is 0 Å². The minimum Gasteiger partial charge on any atom is -0.444 e. The third-order valence-corrected chi connectivity index (χ3v) is 4.79. The average molecular weight is 332 g/mol. The third-order valence-electron chi connectivity index (χ3n) is 4.79. The number of benzene rings is 1. The molecule has 134 valence electrons. The van der Waals surface area contributed by atoms with E-state index in [1.807, 2.05) is 20.8 Å². The Morgan fingerprint density at radius 2 is 1.58 bits per heavy atom. The zero-order valence-corrected chi connectivity index (χ0v) is 16.3. The van der Waals surface area contributed by atoms with Crippen LogP contribution in [0, 0.1) is 5.41 Å². The number of nitrogens with one attached hydrogen (secondary N) is 1. The van der Waals surface area contributed by atoms with Gasteiger partial charge in [-0.2, -0.15) is 0 Å². The van der Waals surface area contributed by atoms with Crippen molar-refractivity contribution < 1.29 is 9.53 Å². The quantitative estimate of drug-likeness (QED) is 0.784. The molecule has 1 aliphatic carbocycles. The van der Waals surface area contributed by atoms with Crippen LogP contribution in [0.25, 0.3) is 0 Å². The molecule has 0 aliphatic heterocycles. The highest BCUT2D eigenvalue weighted by molar-refractivity contribution is 5.68. The van der Waals surface area contributed by atoms with Crippen LogP contribution in [-0.4, -0.2) is 17.2 Å². The number of hydrogen-bond acceptors (Lipinski definition) is 2. The molecule has 2 rings (SSSR count). The number of amides is 1. The highest BCUT2D eigenvalue weighted by atomic mass is 16.6. The van der Waals surface area contributed by atoms with Crippen LogP contribution in [0.5, 0.6) is 0 Å². The molecule has 1 aromatic rings. The van der Waals surface area contributed by atoms with Gasteiger partial charge in [-0.25, -0.2) is 4.79 Å². The van der Waals surface area contributed by atoms with Crippen molar-refractivity contribution in [1.82, 2.24) is 5.32 Å². The fourth-order valence-electron chi connectivity index (χ4n) is 4.84. The van der Waals surface area contributed by atoms with Gasteiger partial charge in [0.05, 0.1) is 0 Å². The SMILES string of the molecule is CC1(C)C[C@@](C)(NC(=O)OC(C)(C)C)C[C@@](C)(c2ccccc2)C1. The summed E-state index contributed by atoms with van der Waals surface area (Å²) in [6, 6.07) is 10.7. The largest absolute Gasteiger partial charge is 0.444 e. The summed E-state index contributed by atoms with van der Waals surface area (Å²) in [5.74, 6) is 0. The summed E-state index contributed by atoms with van der Waals surface area (Å²) >= 11 is 0. The number of hydrogen-bond donors (Lipinski definition) is 1. The molecule has 0 spiro atoms. The topological polar surface area (TPSA) is 38.3 Å². The first-order valence-corrected chi connectivity index (χ1v) is 8.89. The Hall–Kier alpha value is -1.51. The summed E-state index contributed by atoms with van der Waals surface area (Å²) in [6.45, 7) is 14.7. The molecule has 1 N–H and O–H groups in total. The van der Waals surface area contributed by atoms with Crippen molar-refractivity contribution in [3.63, 3.8) is 0 Å². The fraction of sp³-hybridized carbons (Fsp3) is 0.667. The fourth-order valence-corrected chi connectivity index (χ4v) is 4.84. The molecule has 0 heterocycles. The number of carbonyl (C=O) groups excluding carboxylic acids is 1. The van der Waals surface area contributed by atoms with Gasteiger partial charge in [-0.3, -0.25) is 0 Å². The van der Waals surface area contributed by atoms with E-state index in [-0.39, 0.29) is 22.5 Å². The first-order valence-electron chi connectivity index (χ1n) is 8.89. The first kappa shape index (κ1) is 18.8. The van der Waals surface area contributed by atoms with Crippen LogP contribution in [0.15, 0.2) is 30.3 Å². The van der Waals surface area contributed by atoms with Crippen LogP contribution in [0.4, 0.5) is 4.79 Å². The molecular weight excluding hydrogens is 298 g/mol. The van der Waals surface area contributed by atoms with Crippen LogP contribution in [0.3, 0.4) is 0 Å². The molecule has 1 aliphatic rings. The van der Waals surface area contributed by atoms with E-state index < -0.39 is 5.60 Å². The molecule has 0 aromatic heterocycles. The van der Waals surface area contributed by atoms with E-state index in [9.17, 15) is 4.79 Å². The molecule has 0 bridgehead atoms. The Morgan fingerprint density at radius 3 is 2.12 bits per heavy atom. The van der Waals surface area contributed by atoms with E-state index in [4.69, 9.17) is 4.74 Å². The molecule has 3 nitrogen and oxygen atoms in total. The van der Waals surface area contributed by atoms with E-state index in [1.165, 1.54) is 5.56 Å². The lowest BCUT2D eigenvalue weighted by molar-refractivity contribution is 0.0273. The van der Waals surface area contributed by atoms with Gasteiger partial charge in [0.25, 0.3) is 0 Å². The summed E-state index contributed by atoms with van der Waals surface area (Å²) in [7, 11) is 0. The lowest BCUT2D eigenvalue weighted by Crippen LogP contribution is -2.57. The van der Waals surface area contributed by atoms with E-state index in [0.717, 1.165) is 19.3 Å². The maximum atomic E-state index is 12.4. The molecule has 0 saturated heterocycles. The number of rotatable bonds is 2. The van der Waals surface area contributed by atoms with Crippen molar-refractivity contribution in [2.24, 2.45) is 5.41 Å². The molecular formula is C21H33NO2. The molecule has 1 fully saturated rings. The van der Waals surface area contributed by atoms with Gasteiger partial charge in [0.1, 0.15) is 5.60 Å². The predicted octanol–water partition coefficient (Wildman–Crippen LogP) is 5.44. The molecule has 2 atom stereocenters. The zero-order valence-electron chi connectivity index (χ0n) is 16.3. The average Bonchev–Trinajstić information content (AvgIpc) is 2.33. The number of alkyl carbamates (subject to hydrolysis) is 1. The van der Waals surface area contributed by atoms with Crippen molar-refractivity contribution in [3.05, 3.63) is 35.9 Å². The van der Waals surface area contributed by atoms with Crippen molar-refractivity contribution in [1.29, 1.82) is 0 Å². The van der Waals surface area contributed by atoms with E-state index in [0.29, 0.717) is 0 Å². The zero-order chi connectivity index (χ0) is 18.2. The minimum atomic E-state index is -0.479. The lowest BCUT2D eigenvalue weighted by Gasteiger charge is -2.52. The van der Waals surface area contributed by atoms with E-state index in [2.05, 4.69) is 63.3 Å². The Balaban J connectivity index is 2.25. The Kier molecular flexibility index (Phi) is 4.78. The number of carbonyl (C=O) groups is 1. The normalized spacial score (nSPS) is 29.8. The van der Waals surface area contributed by atoms with Gasteiger partial charge in [0.15, 0.2) is 0 Å². The maximum absolute atomic E-state index is 12.4. The second-order valence-corrected chi connectivity index (χ2v) is 9.81. The molecule has 1 aromatic carbocycles. The smallest absolute Gasteiger partial charge is 0.408 e. The van der Waals surface area contributed by atoms with Gasteiger partial charge in [-0.05, 0) is 63.4 Å². The predicted molar refractivity (Wildman–Crippen MR) is 99.2 cm³/mol. The second kappa shape index (κ2) is 6.09. The van der Waals surface area contributed by atoms with Crippen molar-refractivity contribution >= 4 is 6.09 Å². The molecule has 0 unspecified atom stereocenters. The summed E-state index contributed by atoms with van der Waals surface area (Å²) < 4.78 is 5.50. The van der Waals surface area contributed by atoms with Gasteiger partial charge >= 0.3 is 6.09 Å². The van der Waals surface area contributed by atoms with E-state index in [1.54, 1.807) is 0 Å². The minimum absolute atomic E-state index is 0.0345. The van der Waals surface area contributed by atoms with Gasteiger partial charge < -0.3 is 10.1 Å². The van der Waals surface area contributed by atoms with Crippen LogP contribution < -0.4 is 5.32 Å². The summed E-state index contributed by atoms with van der Waals surface area (Å²) in [4.78, 5) is 12.4. The van der Waals surface area contributed by atoms with Gasteiger partial charge in [0, 0.05) is 5.54 Å². The van der Waals surface area contributed by atoms with Crippen molar-refractivity contribution in [3.8, 4) is 0 Å². The standard InChI is InChI=1S/C21H33NO2/c1-18(2,3)24-17(23)22-21(7)14-19(4,5)13-20(6,15-21)16-11-9-8-10-12-16/h8-12H,13-15H2,1-7H3,(H,22,23)/t20-,21+/m0/s1. The highest BCUT2D eigenvalue weighted by Crippen LogP contribution is 2.51. The summed E-state index contributed by atoms with van der Waals surface area (Å²) in [5.41, 5.74) is 0.761. The molecule has 0 radical (unpaired) electrons. The first-order chi connectivity index (χ1) is 10.8. The highest BCUT2D eigenvalue weighted by Gasteiger charge is 2.48. The van der Waals surface area contributed by atoms with E-state index >= 15 is 0 Å². The monoisotopic (exact) mass is 331 g/mol. The molecule has 24 heavy (non-hydrogen) atoms. The van der Waals surface area contributed by atoms with Gasteiger partial charge in [0.2, 0.25) is 0 Å². The van der Waals surface area contributed by atoms with Crippen LogP contribution in [-0.2, 0) is 10.2 Å². The third kappa shape index (κ3) is 4.75. The van der Waals surface area contributed by atoms with Crippen LogP contribution >= 0.6 is 0 Å². The Bertz CT molecular complexity index is 588. The molecule has 1 amide bonds. The van der Waals surface area contributed by atoms with Crippen LogP contribution in [0.1, 0.15) is 73.3 Å². The number of ether oxygens (including phenoxy) is 1.